The first-order chi connectivity index (χ1) is 12.2. The molecule has 0 aliphatic heterocycles. The minimum Gasteiger partial charge on any atom is -0.338 e. The molecule has 0 unspecified atom stereocenters. The van der Waals surface area contributed by atoms with Crippen LogP contribution >= 0.6 is 0 Å². The average Bonchev–Trinajstić information content (AvgIpc) is 3.03. The van der Waals surface area contributed by atoms with Crippen LogP contribution in [0.25, 0.3) is 0 Å². The van der Waals surface area contributed by atoms with Gasteiger partial charge in [-0.2, -0.15) is 10.2 Å². The summed E-state index contributed by atoms with van der Waals surface area (Å²) in [4.78, 5) is 4.58. The molecule has 124 valence electrons. The van der Waals surface area contributed by atoms with Crippen molar-refractivity contribution in [1.29, 1.82) is 5.26 Å². The van der Waals surface area contributed by atoms with Crippen LogP contribution in [0.4, 0.5) is 4.39 Å². The molecule has 1 aromatic heterocycles. The molecule has 5 heteroatoms. The summed E-state index contributed by atoms with van der Waals surface area (Å²) >= 11 is 0. The van der Waals surface area contributed by atoms with Crippen molar-refractivity contribution >= 4 is 0 Å². The van der Waals surface area contributed by atoms with E-state index in [0.717, 1.165) is 30.4 Å². The molecule has 0 N–H and O–H groups in total. The normalized spacial score (nSPS) is 15.4. The van der Waals surface area contributed by atoms with E-state index in [-0.39, 0.29) is 11.2 Å². The summed E-state index contributed by atoms with van der Waals surface area (Å²) in [6.45, 7) is 0. The standard InChI is InChI=1S/C20H16FN3O/c21-17-7-2-4-14(11-17)12-18-23-19(25-24-18)20(8-3-9-20)16-6-1-5-15(10-16)13-22/h1-2,4-7,10-11H,3,8-9,12H2. The van der Waals surface area contributed by atoms with Gasteiger partial charge in [-0.3, -0.25) is 0 Å². The molecule has 4 rings (SSSR count). The highest BCUT2D eigenvalue weighted by atomic mass is 19.1. The molecule has 25 heavy (non-hydrogen) atoms. The Morgan fingerprint density at radius 2 is 2.00 bits per heavy atom. The maximum Gasteiger partial charge on any atom is 0.237 e. The van der Waals surface area contributed by atoms with Crippen LogP contribution < -0.4 is 0 Å². The second-order valence-corrected chi connectivity index (χ2v) is 6.45. The Bertz CT molecular complexity index is 953. The van der Waals surface area contributed by atoms with E-state index in [4.69, 9.17) is 9.78 Å². The smallest absolute Gasteiger partial charge is 0.237 e. The van der Waals surface area contributed by atoms with Crippen LogP contribution in [0.2, 0.25) is 0 Å². The van der Waals surface area contributed by atoms with Gasteiger partial charge in [0.1, 0.15) is 5.82 Å². The van der Waals surface area contributed by atoms with Crippen molar-refractivity contribution in [3.05, 3.63) is 82.8 Å². The van der Waals surface area contributed by atoms with Crippen LogP contribution in [0.15, 0.2) is 53.1 Å². The Kier molecular flexibility index (Phi) is 3.81. The predicted octanol–water partition coefficient (Wildman–Crippen LogP) is 4.14. The number of hydrogen-bond acceptors (Lipinski definition) is 4. The van der Waals surface area contributed by atoms with E-state index < -0.39 is 0 Å². The van der Waals surface area contributed by atoms with Crippen LogP contribution in [0, 0.1) is 17.1 Å². The first-order valence-electron chi connectivity index (χ1n) is 8.28. The molecule has 1 aliphatic carbocycles. The van der Waals surface area contributed by atoms with Crippen molar-refractivity contribution in [3.8, 4) is 6.07 Å². The SMILES string of the molecule is N#Cc1cccc(C2(c3nc(Cc4cccc(F)c4)no3)CCC2)c1. The van der Waals surface area contributed by atoms with Gasteiger partial charge in [0.2, 0.25) is 5.89 Å². The Hall–Kier alpha value is -3.00. The van der Waals surface area contributed by atoms with Gasteiger partial charge in [-0.1, -0.05) is 35.8 Å². The van der Waals surface area contributed by atoms with Crippen LogP contribution in [0.1, 0.15) is 47.7 Å². The maximum atomic E-state index is 13.3. The van der Waals surface area contributed by atoms with Gasteiger partial charge in [0.05, 0.1) is 17.0 Å². The summed E-state index contributed by atoms with van der Waals surface area (Å²) in [6, 6.07) is 16.2. The van der Waals surface area contributed by atoms with Crippen molar-refractivity contribution < 1.29 is 8.91 Å². The third kappa shape index (κ3) is 2.80. The van der Waals surface area contributed by atoms with E-state index in [1.807, 2.05) is 24.3 Å². The second kappa shape index (κ2) is 6.14. The van der Waals surface area contributed by atoms with Gasteiger partial charge in [-0.05, 0) is 48.2 Å². The maximum absolute atomic E-state index is 13.3. The predicted molar refractivity (Wildman–Crippen MR) is 89.3 cm³/mol. The van der Waals surface area contributed by atoms with Gasteiger partial charge >= 0.3 is 0 Å². The molecule has 2 aromatic carbocycles. The highest BCUT2D eigenvalue weighted by Crippen LogP contribution is 2.48. The lowest BCUT2D eigenvalue weighted by Crippen LogP contribution is -2.36. The highest BCUT2D eigenvalue weighted by Gasteiger charge is 2.45. The summed E-state index contributed by atoms with van der Waals surface area (Å²) in [5.41, 5.74) is 2.17. The molecule has 3 aromatic rings. The van der Waals surface area contributed by atoms with E-state index in [1.165, 1.54) is 12.1 Å². The fourth-order valence-corrected chi connectivity index (χ4v) is 3.39. The first kappa shape index (κ1) is 15.5. The van der Waals surface area contributed by atoms with Gasteiger partial charge in [-0.15, -0.1) is 0 Å². The van der Waals surface area contributed by atoms with Crippen molar-refractivity contribution in [2.75, 3.05) is 0 Å². The molecule has 1 fully saturated rings. The Labute approximate surface area is 144 Å². The number of rotatable bonds is 4. The molecule has 0 spiro atoms. The summed E-state index contributed by atoms with van der Waals surface area (Å²) in [6.07, 6.45) is 3.35. The van der Waals surface area contributed by atoms with Crippen LogP contribution in [-0.4, -0.2) is 10.1 Å². The third-order valence-electron chi connectivity index (χ3n) is 4.88. The zero-order valence-electron chi connectivity index (χ0n) is 13.6. The fourth-order valence-electron chi connectivity index (χ4n) is 3.39. The van der Waals surface area contributed by atoms with Crippen molar-refractivity contribution in [1.82, 2.24) is 10.1 Å². The Morgan fingerprint density at radius 3 is 2.72 bits per heavy atom. The van der Waals surface area contributed by atoms with E-state index >= 15 is 0 Å². The Morgan fingerprint density at radius 1 is 1.16 bits per heavy atom. The zero-order chi connectivity index (χ0) is 17.3. The van der Waals surface area contributed by atoms with E-state index in [9.17, 15) is 4.39 Å². The van der Waals surface area contributed by atoms with E-state index in [0.29, 0.717) is 23.7 Å². The number of halogens is 1. The lowest BCUT2D eigenvalue weighted by molar-refractivity contribution is 0.216. The number of aromatic nitrogens is 2. The van der Waals surface area contributed by atoms with Crippen LogP contribution in [0.5, 0.6) is 0 Å². The quantitative estimate of drug-likeness (QED) is 0.720. The number of nitrogens with zero attached hydrogens (tertiary/aromatic N) is 3. The van der Waals surface area contributed by atoms with Gasteiger partial charge in [0, 0.05) is 6.42 Å². The summed E-state index contributed by atoms with van der Waals surface area (Å²) in [7, 11) is 0. The molecule has 0 radical (unpaired) electrons. The summed E-state index contributed by atoms with van der Waals surface area (Å²) in [5, 5.41) is 13.2. The third-order valence-corrected chi connectivity index (χ3v) is 4.88. The van der Waals surface area contributed by atoms with Gasteiger partial charge < -0.3 is 4.52 Å². The lowest BCUT2D eigenvalue weighted by atomic mass is 9.64. The van der Waals surface area contributed by atoms with Gasteiger partial charge in [0.15, 0.2) is 5.82 Å². The molecule has 1 saturated carbocycles. The second-order valence-electron chi connectivity index (χ2n) is 6.45. The molecule has 0 saturated heterocycles. The highest BCUT2D eigenvalue weighted by molar-refractivity contribution is 5.41. The molecule has 1 heterocycles. The molecular weight excluding hydrogens is 317 g/mol. The average molecular weight is 333 g/mol. The first-order valence-corrected chi connectivity index (χ1v) is 8.28. The molecule has 0 amide bonds. The van der Waals surface area contributed by atoms with E-state index in [2.05, 4.69) is 16.2 Å². The van der Waals surface area contributed by atoms with Gasteiger partial charge in [0.25, 0.3) is 0 Å². The molecule has 0 bridgehead atoms. The zero-order valence-corrected chi connectivity index (χ0v) is 13.6. The van der Waals surface area contributed by atoms with Crippen molar-refractivity contribution in [3.63, 3.8) is 0 Å². The fraction of sp³-hybridized carbons (Fsp3) is 0.250. The Balaban J connectivity index is 1.64. The van der Waals surface area contributed by atoms with Crippen molar-refractivity contribution in [2.45, 2.75) is 31.1 Å². The van der Waals surface area contributed by atoms with E-state index in [1.54, 1.807) is 12.1 Å². The summed E-state index contributed by atoms with van der Waals surface area (Å²) < 4.78 is 18.9. The lowest BCUT2D eigenvalue weighted by Gasteiger charge is -2.38. The number of benzene rings is 2. The molecular formula is C20H16FN3O. The monoisotopic (exact) mass is 333 g/mol. The van der Waals surface area contributed by atoms with Crippen LogP contribution in [0.3, 0.4) is 0 Å². The topological polar surface area (TPSA) is 62.7 Å². The number of nitriles is 1. The largest absolute Gasteiger partial charge is 0.338 e. The molecule has 0 atom stereocenters. The van der Waals surface area contributed by atoms with Gasteiger partial charge in [-0.25, -0.2) is 4.39 Å². The molecule has 4 nitrogen and oxygen atoms in total. The number of hydrogen-bond donors (Lipinski definition) is 0. The molecule has 1 aliphatic rings. The summed E-state index contributed by atoms with van der Waals surface area (Å²) in [5.74, 6) is 0.855. The van der Waals surface area contributed by atoms with Crippen LogP contribution in [-0.2, 0) is 11.8 Å². The minimum atomic E-state index is -0.306. The van der Waals surface area contributed by atoms with Crippen molar-refractivity contribution in [2.24, 2.45) is 0 Å². The minimum absolute atomic E-state index is 0.273.